The number of benzene rings is 1. The smallest absolute Gasteiger partial charge is 0.340 e. The number of nitrogens with zero attached hydrogens (tertiary/aromatic N) is 3. The van der Waals surface area contributed by atoms with E-state index < -0.39 is 11.6 Å². The van der Waals surface area contributed by atoms with Crippen LogP contribution in [-0.4, -0.2) is 39.5 Å². The van der Waals surface area contributed by atoms with E-state index in [0.717, 1.165) is 5.39 Å². The highest BCUT2D eigenvalue weighted by Crippen LogP contribution is 2.38. The van der Waals surface area contributed by atoms with E-state index in [1.807, 2.05) is 22.9 Å². The van der Waals surface area contributed by atoms with Gasteiger partial charge in [0.15, 0.2) is 12.4 Å². The lowest BCUT2D eigenvalue weighted by atomic mass is 10.0. The maximum Gasteiger partial charge on any atom is 0.340 e. The average Bonchev–Trinajstić information content (AvgIpc) is 3.36. The summed E-state index contributed by atoms with van der Waals surface area (Å²) in [5.41, 5.74) is 6.25. The molecule has 0 saturated carbocycles. The normalized spacial score (nSPS) is 20.9. The van der Waals surface area contributed by atoms with Gasteiger partial charge in [-0.05, 0) is 38.0 Å². The van der Waals surface area contributed by atoms with Crippen molar-refractivity contribution < 1.29 is 19.0 Å². The first-order chi connectivity index (χ1) is 14.5. The molecule has 3 aromatic rings. The fourth-order valence-corrected chi connectivity index (χ4v) is 3.55. The molecule has 8 nitrogen and oxygen atoms in total. The summed E-state index contributed by atoms with van der Waals surface area (Å²) < 4.78 is 18.8. The van der Waals surface area contributed by atoms with Crippen LogP contribution >= 0.6 is 0 Å². The van der Waals surface area contributed by atoms with Gasteiger partial charge in [0.2, 0.25) is 0 Å². The molecule has 1 saturated heterocycles. The third-order valence-corrected chi connectivity index (χ3v) is 5.06. The molecule has 8 heteroatoms. The number of fused-ring (bicyclic) bond motifs is 1. The number of carbonyl (C=O) groups is 1. The highest BCUT2D eigenvalue weighted by molar-refractivity contribution is 5.89. The van der Waals surface area contributed by atoms with E-state index in [-0.39, 0.29) is 19.6 Å². The first-order valence-corrected chi connectivity index (χ1v) is 9.57. The topological polar surface area (TPSA) is 101 Å². The van der Waals surface area contributed by atoms with Gasteiger partial charge in [-0.15, -0.1) is 6.42 Å². The quantitative estimate of drug-likeness (QED) is 0.291. The summed E-state index contributed by atoms with van der Waals surface area (Å²) in [4.78, 5) is 20.7. The number of rotatable bonds is 6. The summed E-state index contributed by atoms with van der Waals surface area (Å²) in [5.74, 6) is 3.26. The molecule has 2 N–H and O–H groups in total. The Morgan fingerprint density at radius 1 is 1.37 bits per heavy atom. The van der Waals surface area contributed by atoms with Crippen LogP contribution < -0.4 is 5.73 Å². The second-order valence-corrected chi connectivity index (χ2v) is 7.13. The Morgan fingerprint density at radius 2 is 2.17 bits per heavy atom. The van der Waals surface area contributed by atoms with E-state index in [4.69, 9.17) is 26.4 Å². The van der Waals surface area contributed by atoms with E-state index in [2.05, 4.69) is 15.9 Å². The summed E-state index contributed by atoms with van der Waals surface area (Å²) in [5, 5.41) is 0.770. The van der Waals surface area contributed by atoms with Crippen molar-refractivity contribution in [2.45, 2.75) is 31.6 Å². The average molecular weight is 406 g/mol. The van der Waals surface area contributed by atoms with Crippen molar-refractivity contribution in [1.29, 1.82) is 0 Å². The zero-order valence-electron chi connectivity index (χ0n) is 16.6. The van der Waals surface area contributed by atoms with Crippen molar-refractivity contribution in [2.75, 3.05) is 19.1 Å². The number of aromatic nitrogens is 3. The largest absolute Gasteiger partial charge is 0.435 e. The van der Waals surface area contributed by atoms with Crippen molar-refractivity contribution in [1.82, 2.24) is 14.5 Å². The second kappa shape index (κ2) is 8.14. The molecule has 2 unspecified atom stereocenters. The van der Waals surface area contributed by atoms with E-state index in [9.17, 15) is 4.79 Å². The van der Waals surface area contributed by atoms with Crippen LogP contribution in [0.2, 0.25) is 0 Å². The van der Waals surface area contributed by atoms with Crippen LogP contribution in [0.25, 0.3) is 11.0 Å². The highest BCUT2D eigenvalue weighted by atomic mass is 16.7. The van der Waals surface area contributed by atoms with Crippen molar-refractivity contribution in [2.24, 2.45) is 0 Å². The minimum atomic E-state index is -0.909. The standard InChI is InChI=1S/C22H22N4O4/c1-3-22(13-28-14-29-21(27)16-7-5-4-6-8-16)11-9-18(30-22)26-12-10-17-19(23)24-15(2)25-20(17)26/h1,4-8,10,12,18H,9,11,13-14H2,2H3,(H2,23,24,25). The first-order valence-electron chi connectivity index (χ1n) is 9.57. The van der Waals surface area contributed by atoms with Crippen molar-refractivity contribution in [3.8, 4) is 12.3 Å². The number of nitrogen functional groups attached to an aromatic ring is 1. The SMILES string of the molecule is C#CC1(COCOC(=O)c2ccccc2)CCC(n2ccc3c(N)nc(C)nc32)O1. The molecule has 2 aromatic heterocycles. The van der Waals surface area contributed by atoms with E-state index in [1.54, 1.807) is 31.2 Å². The van der Waals surface area contributed by atoms with Gasteiger partial charge < -0.3 is 24.5 Å². The van der Waals surface area contributed by atoms with Crippen LogP contribution in [-0.2, 0) is 14.2 Å². The molecule has 0 bridgehead atoms. The molecule has 1 aliphatic rings. The zero-order valence-corrected chi connectivity index (χ0v) is 16.6. The Kier molecular flexibility index (Phi) is 5.40. The maximum atomic E-state index is 12.0. The molecule has 2 atom stereocenters. The molecular weight excluding hydrogens is 384 g/mol. The van der Waals surface area contributed by atoms with Crippen LogP contribution in [0.1, 0.15) is 35.3 Å². The summed E-state index contributed by atoms with van der Waals surface area (Å²) in [6.07, 6.45) is 8.61. The number of anilines is 1. The van der Waals surface area contributed by atoms with Gasteiger partial charge >= 0.3 is 5.97 Å². The van der Waals surface area contributed by atoms with Crippen LogP contribution in [0.15, 0.2) is 42.6 Å². The maximum absolute atomic E-state index is 12.0. The lowest BCUT2D eigenvalue weighted by Gasteiger charge is -2.24. The first kappa shape index (κ1) is 19.9. The number of aryl methyl sites for hydroxylation is 1. The zero-order chi connectivity index (χ0) is 21.1. The molecule has 0 radical (unpaired) electrons. The van der Waals surface area contributed by atoms with Crippen LogP contribution in [0.4, 0.5) is 5.82 Å². The molecule has 3 heterocycles. The Bertz CT molecular complexity index is 1110. The number of hydrogen-bond acceptors (Lipinski definition) is 7. The Hall–Kier alpha value is -3.41. The molecule has 1 aliphatic heterocycles. The molecule has 30 heavy (non-hydrogen) atoms. The molecular formula is C22H22N4O4. The van der Waals surface area contributed by atoms with Gasteiger partial charge in [-0.25, -0.2) is 14.8 Å². The Balaban J connectivity index is 1.38. The summed E-state index contributed by atoms with van der Waals surface area (Å²) in [6, 6.07) is 10.6. The summed E-state index contributed by atoms with van der Waals surface area (Å²) in [7, 11) is 0. The van der Waals surface area contributed by atoms with E-state index in [0.29, 0.717) is 35.7 Å². The number of terminal acetylenes is 1. The van der Waals surface area contributed by atoms with Crippen molar-refractivity contribution in [3.63, 3.8) is 0 Å². The lowest BCUT2D eigenvalue weighted by molar-refractivity contribution is -0.108. The predicted octanol–water partition coefficient (Wildman–Crippen LogP) is 2.83. The molecule has 1 aromatic carbocycles. The third-order valence-electron chi connectivity index (χ3n) is 5.06. The van der Waals surface area contributed by atoms with Gasteiger partial charge in [0.25, 0.3) is 0 Å². The third kappa shape index (κ3) is 3.85. The lowest BCUT2D eigenvalue weighted by Crippen LogP contribution is -2.33. The van der Waals surface area contributed by atoms with Crippen molar-refractivity contribution >= 4 is 22.8 Å². The van der Waals surface area contributed by atoms with Gasteiger partial charge in [0.05, 0.1) is 17.6 Å². The Labute approximate surface area is 174 Å². The molecule has 0 aliphatic carbocycles. The van der Waals surface area contributed by atoms with Gasteiger partial charge in [-0.1, -0.05) is 24.1 Å². The molecule has 0 spiro atoms. The predicted molar refractivity (Wildman–Crippen MR) is 110 cm³/mol. The molecule has 154 valence electrons. The van der Waals surface area contributed by atoms with Gasteiger partial charge in [0, 0.05) is 6.20 Å². The van der Waals surface area contributed by atoms with Gasteiger partial charge in [-0.3, -0.25) is 0 Å². The Morgan fingerprint density at radius 3 is 2.93 bits per heavy atom. The highest BCUT2D eigenvalue weighted by Gasteiger charge is 2.40. The van der Waals surface area contributed by atoms with E-state index in [1.165, 1.54) is 0 Å². The van der Waals surface area contributed by atoms with Crippen molar-refractivity contribution in [3.05, 3.63) is 54.0 Å². The van der Waals surface area contributed by atoms with E-state index >= 15 is 0 Å². The fraction of sp³-hybridized carbons (Fsp3) is 0.318. The fourth-order valence-electron chi connectivity index (χ4n) is 3.55. The van der Waals surface area contributed by atoms with Crippen LogP contribution in [0, 0.1) is 19.3 Å². The summed E-state index contributed by atoms with van der Waals surface area (Å²) >= 11 is 0. The minimum Gasteiger partial charge on any atom is -0.435 e. The molecule has 1 fully saturated rings. The second-order valence-electron chi connectivity index (χ2n) is 7.13. The molecule has 4 rings (SSSR count). The van der Waals surface area contributed by atoms with Gasteiger partial charge in [0.1, 0.15) is 23.5 Å². The monoisotopic (exact) mass is 406 g/mol. The number of nitrogens with two attached hydrogens (primary N) is 1. The number of esters is 1. The van der Waals surface area contributed by atoms with Crippen LogP contribution in [0.5, 0.6) is 0 Å². The van der Waals surface area contributed by atoms with Crippen LogP contribution in [0.3, 0.4) is 0 Å². The number of ether oxygens (including phenoxy) is 3. The number of hydrogen-bond donors (Lipinski definition) is 1. The summed E-state index contributed by atoms with van der Waals surface area (Å²) in [6.45, 7) is 1.69. The minimum absolute atomic E-state index is 0.109. The van der Waals surface area contributed by atoms with Gasteiger partial charge in [-0.2, -0.15) is 0 Å². The number of carbonyl (C=O) groups excluding carboxylic acids is 1. The molecule has 0 amide bonds.